The zero-order valence-corrected chi connectivity index (χ0v) is 31.6. The predicted octanol–water partition coefficient (Wildman–Crippen LogP) is 15.5. The first-order valence-corrected chi connectivity index (χ1v) is 19.9. The molecule has 0 fully saturated rings. The van der Waals surface area contributed by atoms with E-state index in [0.717, 1.165) is 11.4 Å². The van der Waals surface area contributed by atoms with Gasteiger partial charge in [-0.2, -0.15) is 0 Å². The number of anilines is 3. The Hall–Kier alpha value is -6.48. The van der Waals surface area contributed by atoms with Gasteiger partial charge >= 0.3 is 0 Å². The minimum atomic E-state index is -0.232. The van der Waals surface area contributed by atoms with Gasteiger partial charge in [-0.05, 0) is 96.9 Å². The van der Waals surface area contributed by atoms with Crippen molar-refractivity contribution in [2.24, 2.45) is 0 Å². The quantitative estimate of drug-likeness (QED) is 0.171. The van der Waals surface area contributed by atoms with Gasteiger partial charge in [0, 0.05) is 36.8 Å². The van der Waals surface area contributed by atoms with E-state index in [9.17, 15) is 0 Å². The van der Waals surface area contributed by atoms with Gasteiger partial charge in [0.1, 0.15) is 0 Å². The van der Waals surface area contributed by atoms with E-state index < -0.39 is 0 Å². The minimum absolute atomic E-state index is 0.232. The molecule has 0 radical (unpaired) electrons. The summed E-state index contributed by atoms with van der Waals surface area (Å²) in [5.74, 6) is 0. The van der Waals surface area contributed by atoms with Gasteiger partial charge in [-0.3, -0.25) is 0 Å². The van der Waals surface area contributed by atoms with Crippen molar-refractivity contribution in [2.75, 3.05) is 4.90 Å². The summed E-state index contributed by atoms with van der Waals surface area (Å²) < 4.78 is 2.59. The number of thiophene rings is 1. The van der Waals surface area contributed by atoms with Crippen LogP contribution in [0.1, 0.15) is 25.0 Å². The molecule has 1 heterocycles. The van der Waals surface area contributed by atoms with E-state index in [1.807, 2.05) is 11.3 Å². The fraction of sp³-hybridized carbons (Fsp3) is 0.0566. The molecule has 10 aromatic rings. The Morgan fingerprint density at radius 3 is 1.91 bits per heavy atom. The van der Waals surface area contributed by atoms with Gasteiger partial charge in [-0.25, -0.2) is 0 Å². The lowest BCUT2D eigenvalue weighted by molar-refractivity contribution is 0.662. The normalized spacial score (nSPS) is 13.1. The van der Waals surface area contributed by atoms with E-state index in [-0.39, 0.29) is 5.41 Å². The molecule has 0 spiro atoms. The van der Waals surface area contributed by atoms with Crippen molar-refractivity contribution in [2.45, 2.75) is 19.3 Å². The highest BCUT2D eigenvalue weighted by atomic mass is 32.1. The van der Waals surface area contributed by atoms with E-state index in [2.05, 4.69) is 207 Å². The number of fused-ring (bicyclic) bond motifs is 9. The summed E-state index contributed by atoms with van der Waals surface area (Å²) in [4.78, 5) is 2.54. The summed E-state index contributed by atoms with van der Waals surface area (Å²) in [6, 6.07) is 69.7. The third-order valence-corrected chi connectivity index (χ3v) is 12.9. The monoisotopic (exact) mass is 719 g/mol. The lowest BCUT2D eigenvalue weighted by Crippen LogP contribution is -2.17. The van der Waals surface area contributed by atoms with E-state index >= 15 is 0 Å². The molecule has 2 heteroatoms. The molecule has 260 valence electrons. The molecule has 1 aromatic heterocycles. The average Bonchev–Trinajstić information content (AvgIpc) is 3.74. The molecule has 11 rings (SSSR count). The highest BCUT2D eigenvalue weighted by Gasteiger charge is 2.39. The van der Waals surface area contributed by atoms with E-state index in [4.69, 9.17) is 0 Å². The van der Waals surface area contributed by atoms with Gasteiger partial charge in [0.05, 0.1) is 11.4 Å². The molecule has 1 aliphatic carbocycles. The number of nitrogens with zero attached hydrogens (tertiary/aromatic N) is 1. The number of benzene rings is 9. The molecule has 1 aliphatic rings. The first kappa shape index (κ1) is 32.0. The zero-order valence-electron chi connectivity index (χ0n) is 30.8. The fourth-order valence-electron chi connectivity index (χ4n) is 9.39. The van der Waals surface area contributed by atoms with Crippen LogP contribution in [-0.2, 0) is 5.41 Å². The van der Waals surface area contributed by atoms with Crippen LogP contribution in [0.4, 0.5) is 17.1 Å². The maximum Gasteiger partial charge on any atom is 0.0555 e. The Labute approximate surface area is 325 Å². The van der Waals surface area contributed by atoms with E-state index in [1.54, 1.807) is 0 Å². The zero-order chi connectivity index (χ0) is 36.7. The molecule has 0 N–H and O–H groups in total. The molecule has 1 nitrogen and oxygen atoms in total. The first-order chi connectivity index (χ1) is 27.1. The molecule has 0 saturated carbocycles. The Morgan fingerprint density at radius 2 is 1.05 bits per heavy atom. The molecule has 0 amide bonds. The van der Waals surface area contributed by atoms with Crippen LogP contribution in [0.3, 0.4) is 0 Å². The lowest BCUT2D eigenvalue weighted by atomic mass is 9.77. The van der Waals surface area contributed by atoms with Crippen LogP contribution in [0.15, 0.2) is 188 Å². The average molecular weight is 720 g/mol. The Bertz CT molecular complexity index is 3130. The highest BCUT2D eigenvalue weighted by Crippen LogP contribution is 2.57. The SMILES string of the molecule is CC1(C)c2ccc3ccccc3c2-c2cccc(-c3c(-c4ccccc4)cccc3N(c3ccc4ccccc4c3)c3cccc4sc5ccccc5c34)c21. The van der Waals surface area contributed by atoms with Crippen molar-refractivity contribution in [3.8, 4) is 33.4 Å². The third-order valence-electron chi connectivity index (χ3n) is 11.8. The Balaban J connectivity index is 1.27. The summed E-state index contributed by atoms with van der Waals surface area (Å²) in [6.07, 6.45) is 0. The topological polar surface area (TPSA) is 3.24 Å². The third kappa shape index (κ3) is 4.85. The molecule has 0 aliphatic heterocycles. The van der Waals surface area contributed by atoms with E-state index in [1.165, 1.54) is 91.9 Å². The Morgan fingerprint density at radius 1 is 0.436 bits per heavy atom. The molecule has 55 heavy (non-hydrogen) atoms. The van der Waals surface area contributed by atoms with Gasteiger partial charge < -0.3 is 4.90 Å². The molecule has 0 bridgehead atoms. The maximum absolute atomic E-state index is 2.54. The van der Waals surface area contributed by atoms with Crippen LogP contribution >= 0.6 is 11.3 Å². The van der Waals surface area contributed by atoms with Crippen LogP contribution in [0, 0.1) is 0 Å². The number of hydrogen-bond acceptors (Lipinski definition) is 2. The van der Waals surface area contributed by atoms with Gasteiger partial charge in [0.15, 0.2) is 0 Å². The summed E-state index contributed by atoms with van der Waals surface area (Å²) in [6.45, 7) is 4.83. The Kier molecular flexibility index (Phi) is 7.14. The van der Waals surface area contributed by atoms with Crippen molar-refractivity contribution in [3.63, 3.8) is 0 Å². The van der Waals surface area contributed by atoms with Gasteiger partial charge in [-0.15, -0.1) is 11.3 Å². The maximum atomic E-state index is 2.54. The standard InChI is InChI=1S/C53H37NS/c1-53(2)44-32-30-36-18-8-9-20-39(36)49(44)42-23-12-24-43(52(42)53)50-40(35-16-4-3-5-17-35)22-13-25-45(50)54(38-31-29-34-15-6-7-19-37(34)33-38)46-26-14-28-48-51(46)41-21-10-11-27-47(41)55-48/h3-33H,1-2H3. The van der Waals surface area contributed by atoms with Crippen LogP contribution in [-0.4, -0.2) is 0 Å². The van der Waals surface area contributed by atoms with Crippen LogP contribution in [0.2, 0.25) is 0 Å². The fourth-order valence-corrected chi connectivity index (χ4v) is 10.5. The predicted molar refractivity (Wildman–Crippen MR) is 237 cm³/mol. The largest absolute Gasteiger partial charge is 0.309 e. The second-order valence-corrected chi connectivity index (χ2v) is 16.3. The minimum Gasteiger partial charge on any atom is -0.309 e. The summed E-state index contributed by atoms with van der Waals surface area (Å²) in [5.41, 5.74) is 13.6. The van der Waals surface area contributed by atoms with Crippen LogP contribution < -0.4 is 4.90 Å². The molecular formula is C53H37NS. The molecule has 0 atom stereocenters. The van der Waals surface area contributed by atoms with Crippen LogP contribution in [0.25, 0.3) is 75.1 Å². The van der Waals surface area contributed by atoms with Crippen molar-refractivity contribution < 1.29 is 0 Å². The highest BCUT2D eigenvalue weighted by molar-refractivity contribution is 7.26. The van der Waals surface area contributed by atoms with Crippen molar-refractivity contribution >= 4 is 70.1 Å². The van der Waals surface area contributed by atoms with E-state index in [0.29, 0.717) is 0 Å². The molecular weight excluding hydrogens is 683 g/mol. The van der Waals surface area contributed by atoms with Gasteiger partial charge in [0.2, 0.25) is 0 Å². The van der Waals surface area contributed by atoms with Gasteiger partial charge in [0.25, 0.3) is 0 Å². The number of hydrogen-bond donors (Lipinski definition) is 0. The van der Waals surface area contributed by atoms with Crippen molar-refractivity contribution in [3.05, 3.63) is 199 Å². The second kappa shape index (κ2) is 12.3. The second-order valence-electron chi connectivity index (χ2n) is 15.2. The molecule has 9 aromatic carbocycles. The van der Waals surface area contributed by atoms with Crippen molar-refractivity contribution in [1.82, 2.24) is 0 Å². The van der Waals surface area contributed by atoms with Crippen LogP contribution in [0.5, 0.6) is 0 Å². The number of rotatable bonds is 5. The molecule has 0 saturated heterocycles. The summed E-state index contributed by atoms with van der Waals surface area (Å²) >= 11 is 1.87. The summed E-state index contributed by atoms with van der Waals surface area (Å²) in [7, 11) is 0. The smallest absolute Gasteiger partial charge is 0.0555 e. The molecule has 0 unspecified atom stereocenters. The lowest BCUT2D eigenvalue weighted by Gasteiger charge is -2.32. The van der Waals surface area contributed by atoms with Gasteiger partial charge in [-0.1, -0.05) is 166 Å². The first-order valence-electron chi connectivity index (χ1n) is 19.1. The van der Waals surface area contributed by atoms with Crippen molar-refractivity contribution in [1.29, 1.82) is 0 Å². The summed E-state index contributed by atoms with van der Waals surface area (Å²) in [5, 5.41) is 7.61.